The van der Waals surface area contributed by atoms with Crippen LogP contribution in [-0.2, 0) is 0 Å². The summed E-state index contributed by atoms with van der Waals surface area (Å²) in [6, 6.07) is 13.0. The van der Waals surface area contributed by atoms with E-state index < -0.39 is 0 Å². The second kappa shape index (κ2) is 6.46. The average Bonchev–Trinajstić information content (AvgIpc) is 2.76. The summed E-state index contributed by atoms with van der Waals surface area (Å²) in [6.07, 6.45) is 0. The molecule has 4 rings (SSSR count). The predicted molar refractivity (Wildman–Crippen MR) is 101 cm³/mol. The number of nitroso groups, excluding NO2 is 1. The van der Waals surface area contributed by atoms with E-state index in [1.807, 2.05) is 24.3 Å². The number of piperazine rings is 1. The molecule has 2 aliphatic rings. The van der Waals surface area contributed by atoms with Crippen LogP contribution in [0.25, 0.3) is 0 Å². The molecule has 0 aromatic heterocycles. The molecule has 2 aromatic carbocycles. The summed E-state index contributed by atoms with van der Waals surface area (Å²) in [5.74, 6) is 0.860. The first-order valence-corrected chi connectivity index (χ1v) is 8.60. The zero-order chi connectivity index (χ0) is 17.4. The molecule has 7 heteroatoms. The molecule has 0 saturated carbocycles. The number of anilines is 2. The monoisotopic (exact) mass is 355 g/mol. The van der Waals surface area contributed by atoms with Crippen LogP contribution >= 0.6 is 11.6 Å². The zero-order valence-corrected chi connectivity index (χ0v) is 14.6. The van der Waals surface area contributed by atoms with Gasteiger partial charge in [0.05, 0.1) is 22.3 Å². The Morgan fingerprint density at radius 2 is 1.80 bits per heavy atom. The molecule has 2 aliphatic heterocycles. The third kappa shape index (κ3) is 2.88. The van der Waals surface area contributed by atoms with Gasteiger partial charge in [-0.3, -0.25) is 0 Å². The Balaban J connectivity index is 1.90. The number of rotatable bonds is 1. The summed E-state index contributed by atoms with van der Waals surface area (Å²) in [6.45, 7) is 3.71. The van der Waals surface area contributed by atoms with Gasteiger partial charge in [-0.15, -0.1) is 4.91 Å². The summed E-state index contributed by atoms with van der Waals surface area (Å²) in [4.78, 5) is 21.1. The van der Waals surface area contributed by atoms with Gasteiger partial charge in [0.15, 0.2) is 0 Å². The third-order valence-corrected chi connectivity index (χ3v) is 4.88. The number of hydrogen-bond acceptors (Lipinski definition) is 5. The fourth-order valence-electron chi connectivity index (χ4n) is 3.26. The Bertz CT molecular complexity index is 845. The summed E-state index contributed by atoms with van der Waals surface area (Å²) in [5.41, 5.74) is 2.92. The predicted octanol–water partition coefficient (Wildman–Crippen LogP) is 3.80. The minimum absolute atomic E-state index is 0.581. The van der Waals surface area contributed by atoms with E-state index in [1.165, 1.54) is 5.01 Å². The van der Waals surface area contributed by atoms with Crippen molar-refractivity contribution >= 4 is 34.5 Å². The topological polar surface area (TPSA) is 51.5 Å². The van der Waals surface area contributed by atoms with Crippen LogP contribution in [0.5, 0.6) is 0 Å². The van der Waals surface area contributed by atoms with E-state index in [1.54, 1.807) is 18.2 Å². The Morgan fingerprint density at radius 3 is 2.56 bits per heavy atom. The Labute approximate surface area is 151 Å². The maximum absolute atomic E-state index is 11.6. The normalized spacial score (nSPS) is 17.4. The minimum Gasteiger partial charge on any atom is -0.353 e. The van der Waals surface area contributed by atoms with E-state index in [0.717, 1.165) is 43.3 Å². The van der Waals surface area contributed by atoms with Gasteiger partial charge in [0, 0.05) is 36.8 Å². The molecule has 0 atom stereocenters. The van der Waals surface area contributed by atoms with Crippen molar-refractivity contribution in [1.82, 2.24) is 9.80 Å². The fraction of sp³-hybridized carbons (Fsp3) is 0.278. The van der Waals surface area contributed by atoms with Crippen molar-refractivity contribution in [3.8, 4) is 0 Å². The summed E-state index contributed by atoms with van der Waals surface area (Å²) < 4.78 is 0. The number of benzene rings is 2. The number of likely N-dealkylation sites (N-methyl/N-ethyl adjacent to an activating group) is 1. The van der Waals surface area contributed by atoms with E-state index >= 15 is 0 Å². The molecule has 0 N–H and O–H groups in total. The van der Waals surface area contributed by atoms with E-state index in [4.69, 9.17) is 16.6 Å². The first kappa shape index (κ1) is 16.1. The lowest BCUT2D eigenvalue weighted by Gasteiger charge is -2.34. The Hall–Kier alpha value is -2.44. The van der Waals surface area contributed by atoms with Crippen LogP contribution in [0.15, 0.2) is 52.7 Å². The molecule has 6 nitrogen and oxygen atoms in total. The number of nitrogens with zero attached hydrogens (tertiary/aromatic N) is 5. The maximum Gasteiger partial charge on any atom is 0.138 e. The lowest BCUT2D eigenvalue weighted by molar-refractivity contribution is 0.216. The highest BCUT2D eigenvalue weighted by Gasteiger charge is 2.28. The number of aliphatic imine (C=N–C) groups is 1. The van der Waals surface area contributed by atoms with Crippen molar-refractivity contribution in [1.29, 1.82) is 0 Å². The molecule has 25 heavy (non-hydrogen) atoms. The first-order valence-electron chi connectivity index (χ1n) is 8.22. The second-order valence-corrected chi connectivity index (χ2v) is 6.71. The van der Waals surface area contributed by atoms with E-state index in [0.29, 0.717) is 16.4 Å². The highest BCUT2D eigenvalue weighted by Crippen LogP contribution is 2.41. The maximum atomic E-state index is 11.6. The summed E-state index contributed by atoms with van der Waals surface area (Å²) in [5, 5.41) is 5.23. The molecule has 0 bridgehead atoms. The summed E-state index contributed by atoms with van der Waals surface area (Å²) in [7, 11) is 2.12. The van der Waals surface area contributed by atoms with Crippen molar-refractivity contribution in [3.05, 3.63) is 58.0 Å². The van der Waals surface area contributed by atoms with Crippen LogP contribution in [0.3, 0.4) is 0 Å². The van der Waals surface area contributed by atoms with Crippen LogP contribution in [0, 0.1) is 4.91 Å². The number of hydrogen-bond donors (Lipinski definition) is 0. The lowest BCUT2D eigenvalue weighted by Crippen LogP contribution is -2.47. The molecule has 0 radical (unpaired) electrons. The van der Waals surface area contributed by atoms with Gasteiger partial charge in [-0.25, -0.2) is 4.99 Å². The molecular formula is C18H18ClN5O. The zero-order valence-electron chi connectivity index (χ0n) is 13.9. The molecule has 128 valence electrons. The van der Waals surface area contributed by atoms with Gasteiger partial charge in [-0.05, 0) is 37.4 Å². The van der Waals surface area contributed by atoms with Gasteiger partial charge in [-0.2, -0.15) is 5.01 Å². The van der Waals surface area contributed by atoms with Crippen molar-refractivity contribution in [2.75, 3.05) is 38.2 Å². The molecule has 0 aliphatic carbocycles. The Morgan fingerprint density at radius 1 is 1.04 bits per heavy atom. The first-order chi connectivity index (χ1) is 12.2. The molecular weight excluding hydrogens is 338 g/mol. The highest BCUT2D eigenvalue weighted by atomic mass is 35.5. The van der Waals surface area contributed by atoms with Gasteiger partial charge >= 0.3 is 0 Å². The van der Waals surface area contributed by atoms with Gasteiger partial charge in [-0.1, -0.05) is 23.7 Å². The molecule has 0 spiro atoms. The molecule has 0 amide bonds. The van der Waals surface area contributed by atoms with Gasteiger partial charge in [0.25, 0.3) is 0 Å². The summed E-state index contributed by atoms with van der Waals surface area (Å²) >= 11 is 6.17. The van der Waals surface area contributed by atoms with Crippen LogP contribution < -0.4 is 5.01 Å². The Kier molecular flexibility index (Phi) is 4.15. The van der Waals surface area contributed by atoms with Gasteiger partial charge in [0.2, 0.25) is 0 Å². The minimum atomic E-state index is 0.581. The molecule has 2 heterocycles. The molecule has 1 fully saturated rings. The number of halogens is 1. The number of fused-ring (bicyclic) bond motifs is 2. The van der Waals surface area contributed by atoms with Crippen molar-refractivity contribution in [3.63, 3.8) is 0 Å². The molecule has 2 aromatic rings. The van der Waals surface area contributed by atoms with Crippen molar-refractivity contribution in [2.45, 2.75) is 0 Å². The number of amidine groups is 1. The SMILES string of the molecule is CN1CCN(C2=Nc3cc(Cl)ccc3N(N=O)c3ccccc32)CC1. The van der Waals surface area contributed by atoms with Gasteiger partial charge in [0.1, 0.15) is 5.84 Å². The highest BCUT2D eigenvalue weighted by molar-refractivity contribution is 6.31. The molecule has 1 saturated heterocycles. The van der Waals surface area contributed by atoms with E-state index in [9.17, 15) is 4.91 Å². The van der Waals surface area contributed by atoms with Crippen LogP contribution in [-0.4, -0.2) is 48.9 Å². The average molecular weight is 356 g/mol. The largest absolute Gasteiger partial charge is 0.353 e. The van der Waals surface area contributed by atoms with E-state index in [-0.39, 0.29) is 0 Å². The van der Waals surface area contributed by atoms with Crippen LogP contribution in [0.2, 0.25) is 5.02 Å². The lowest BCUT2D eigenvalue weighted by atomic mass is 10.1. The second-order valence-electron chi connectivity index (χ2n) is 6.27. The van der Waals surface area contributed by atoms with Gasteiger partial charge < -0.3 is 9.80 Å². The molecule has 0 unspecified atom stereocenters. The smallest absolute Gasteiger partial charge is 0.138 e. The quantitative estimate of drug-likeness (QED) is 0.730. The van der Waals surface area contributed by atoms with Crippen LogP contribution in [0.4, 0.5) is 17.1 Å². The fourth-order valence-corrected chi connectivity index (χ4v) is 3.43. The van der Waals surface area contributed by atoms with E-state index in [2.05, 4.69) is 22.1 Å². The van der Waals surface area contributed by atoms with Crippen molar-refractivity contribution in [2.24, 2.45) is 10.3 Å². The third-order valence-electron chi connectivity index (χ3n) is 4.65. The van der Waals surface area contributed by atoms with Crippen LogP contribution in [0.1, 0.15) is 5.56 Å². The van der Waals surface area contributed by atoms with Crippen molar-refractivity contribution < 1.29 is 0 Å². The standard InChI is InChI=1S/C18H18ClN5O/c1-22-8-10-23(11-9-22)18-14-4-2-3-5-16(14)24(21-25)17-7-6-13(19)12-15(17)20-18/h2-7,12H,8-11H2,1H3. The number of para-hydroxylation sites is 1.